The van der Waals surface area contributed by atoms with E-state index in [-0.39, 0.29) is 24.5 Å². The van der Waals surface area contributed by atoms with Crippen molar-refractivity contribution in [1.82, 2.24) is 25.4 Å². The molecule has 1 aromatic carbocycles. The molecule has 2 heterocycles. The van der Waals surface area contributed by atoms with Gasteiger partial charge in [0, 0.05) is 24.6 Å². The predicted octanol–water partition coefficient (Wildman–Crippen LogP) is 2.74. The van der Waals surface area contributed by atoms with E-state index in [1.54, 1.807) is 12.0 Å². The first-order valence-corrected chi connectivity index (χ1v) is 10.1. The Bertz CT molecular complexity index is 864. The maximum Gasteiger partial charge on any atom is 0.410 e. The summed E-state index contributed by atoms with van der Waals surface area (Å²) in [6.07, 6.45) is 0.894. The smallest absolute Gasteiger partial charge is 0.410 e. The number of ether oxygens (including phenoxy) is 2. The van der Waals surface area contributed by atoms with Crippen LogP contribution in [0, 0.1) is 5.92 Å². The van der Waals surface area contributed by atoms with Crippen LogP contribution in [0.4, 0.5) is 4.79 Å². The molecule has 0 unspecified atom stereocenters. The fourth-order valence-corrected chi connectivity index (χ4v) is 3.21. The molecule has 2 N–H and O–H groups in total. The third-order valence-corrected chi connectivity index (χ3v) is 4.83. The third kappa shape index (κ3) is 5.71. The zero-order valence-corrected chi connectivity index (χ0v) is 17.9. The van der Waals surface area contributed by atoms with Crippen molar-refractivity contribution in [2.45, 2.75) is 45.8 Å². The van der Waals surface area contributed by atoms with E-state index in [0.29, 0.717) is 37.6 Å². The molecular weight excluding hydrogens is 386 g/mol. The summed E-state index contributed by atoms with van der Waals surface area (Å²) in [5, 5.41) is 9.97. The minimum Gasteiger partial charge on any atom is -0.497 e. The van der Waals surface area contributed by atoms with Gasteiger partial charge in [-0.15, -0.1) is 0 Å². The highest BCUT2D eigenvalue weighted by molar-refractivity contribution is 5.79. The molecule has 0 aliphatic carbocycles. The van der Waals surface area contributed by atoms with E-state index < -0.39 is 5.60 Å². The monoisotopic (exact) mass is 415 g/mol. The first kappa shape index (κ1) is 21.6. The number of likely N-dealkylation sites (tertiary alicyclic amines) is 1. The number of carbonyl (C=O) groups excluding carboxylic acids is 2. The van der Waals surface area contributed by atoms with Crippen molar-refractivity contribution in [3.05, 3.63) is 30.1 Å². The van der Waals surface area contributed by atoms with Crippen LogP contribution in [0.3, 0.4) is 0 Å². The number of nitrogens with one attached hydrogen (secondary N) is 2. The van der Waals surface area contributed by atoms with Gasteiger partial charge in [0.2, 0.25) is 5.91 Å². The maximum atomic E-state index is 12.5. The molecule has 162 valence electrons. The molecule has 0 saturated carbocycles. The van der Waals surface area contributed by atoms with Gasteiger partial charge in [-0.05, 0) is 57.9 Å². The number of hydrogen-bond acceptors (Lipinski definition) is 6. The van der Waals surface area contributed by atoms with Crippen LogP contribution in [0.2, 0.25) is 0 Å². The molecule has 1 aliphatic heterocycles. The van der Waals surface area contributed by atoms with Gasteiger partial charge in [-0.25, -0.2) is 9.78 Å². The van der Waals surface area contributed by atoms with Gasteiger partial charge in [0.15, 0.2) is 5.82 Å². The van der Waals surface area contributed by atoms with Crippen LogP contribution in [0.5, 0.6) is 5.75 Å². The second-order valence-electron chi connectivity index (χ2n) is 8.29. The lowest BCUT2D eigenvalue weighted by Crippen LogP contribution is -2.44. The highest BCUT2D eigenvalue weighted by Gasteiger charge is 2.29. The molecule has 9 heteroatoms. The predicted molar refractivity (Wildman–Crippen MR) is 111 cm³/mol. The van der Waals surface area contributed by atoms with Crippen molar-refractivity contribution in [3.8, 4) is 17.1 Å². The van der Waals surface area contributed by atoms with Crippen molar-refractivity contribution >= 4 is 12.0 Å². The zero-order valence-electron chi connectivity index (χ0n) is 17.9. The Morgan fingerprint density at radius 1 is 1.20 bits per heavy atom. The number of piperidine rings is 1. The van der Waals surface area contributed by atoms with Gasteiger partial charge in [-0.3, -0.25) is 9.89 Å². The van der Waals surface area contributed by atoms with E-state index in [9.17, 15) is 9.59 Å². The van der Waals surface area contributed by atoms with E-state index in [4.69, 9.17) is 9.47 Å². The van der Waals surface area contributed by atoms with Gasteiger partial charge in [-0.2, -0.15) is 5.10 Å². The van der Waals surface area contributed by atoms with Gasteiger partial charge in [0.25, 0.3) is 0 Å². The molecule has 1 fully saturated rings. The maximum absolute atomic E-state index is 12.5. The lowest BCUT2D eigenvalue weighted by atomic mass is 9.96. The Hall–Kier alpha value is -3.10. The van der Waals surface area contributed by atoms with Crippen LogP contribution in [0.15, 0.2) is 24.3 Å². The number of methoxy groups -OCH3 is 1. The fourth-order valence-electron chi connectivity index (χ4n) is 3.21. The lowest BCUT2D eigenvalue weighted by molar-refractivity contribution is -0.126. The Balaban J connectivity index is 1.46. The molecule has 9 nitrogen and oxygen atoms in total. The standard InChI is InChI=1S/C21H29N5O4/c1-21(2,3)30-20(28)26-11-9-15(10-12-26)19(27)22-13-17-23-18(25-24-17)14-5-7-16(29-4)8-6-14/h5-8,15H,9-13H2,1-4H3,(H,22,27)(H,23,24,25). The number of carbonyl (C=O) groups is 2. The summed E-state index contributed by atoms with van der Waals surface area (Å²) < 4.78 is 10.5. The van der Waals surface area contributed by atoms with Gasteiger partial charge < -0.3 is 19.7 Å². The van der Waals surface area contributed by atoms with Crippen molar-refractivity contribution in [1.29, 1.82) is 0 Å². The largest absolute Gasteiger partial charge is 0.497 e. The number of H-pyrrole nitrogens is 1. The summed E-state index contributed by atoms with van der Waals surface area (Å²) in [6, 6.07) is 7.44. The number of rotatable bonds is 5. The average Bonchev–Trinajstić information content (AvgIpc) is 3.20. The summed E-state index contributed by atoms with van der Waals surface area (Å²) >= 11 is 0. The van der Waals surface area contributed by atoms with Crippen LogP contribution >= 0.6 is 0 Å². The number of hydrogen-bond donors (Lipinski definition) is 2. The molecule has 2 amide bonds. The molecule has 1 aliphatic rings. The van der Waals surface area contributed by atoms with E-state index in [1.807, 2.05) is 45.0 Å². The molecule has 0 bridgehead atoms. The molecule has 1 saturated heterocycles. The van der Waals surface area contributed by atoms with Crippen molar-refractivity contribution in [2.24, 2.45) is 5.92 Å². The van der Waals surface area contributed by atoms with Gasteiger partial charge in [0.1, 0.15) is 17.2 Å². The minimum absolute atomic E-state index is 0.0405. The number of aromatic amines is 1. The van der Waals surface area contributed by atoms with Gasteiger partial charge >= 0.3 is 6.09 Å². The first-order chi connectivity index (χ1) is 14.2. The molecule has 2 aromatic rings. The van der Waals surface area contributed by atoms with Gasteiger partial charge in [0.05, 0.1) is 13.7 Å². The topological polar surface area (TPSA) is 109 Å². The quantitative estimate of drug-likeness (QED) is 0.777. The summed E-state index contributed by atoms with van der Waals surface area (Å²) in [5.41, 5.74) is 0.340. The fraction of sp³-hybridized carbons (Fsp3) is 0.524. The first-order valence-electron chi connectivity index (χ1n) is 10.1. The zero-order chi connectivity index (χ0) is 21.7. The Labute approximate surface area is 176 Å². The van der Waals surface area contributed by atoms with Crippen LogP contribution in [-0.2, 0) is 16.1 Å². The minimum atomic E-state index is -0.521. The molecule has 0 atom stereocenters. The third-order valence-electron chi connectivity index (χ3n) is 4.83. The molecule has 0 spiro atoms. The molecule has 3 rings (SSSR count). The van der Waals surface area contributed by atoms with Crippen molar-refractivity contribution in [2.75, 3.05) is 20.2 Å². The number of nitrogens with zero attached hydrogens (tertiary/aromatic N) is 3. The van der Waals surface area contributed by atoms with Crippen LogP contribution in [-0.4, -0.2) is 57.9 Å². The second kappa shape index (κ2) is 9.15. The Morgan fingerprint density at radius 2 is 1.87 bits per heavy atom. The normalized spacial score (nSPS) is 15.0. The summed E-state index contributed by atoms with van der Waals surface area (Å²) in [7, 11) is 1.62. The van der Waals surface area contributed by atoms with Crippen molar-refractivity contribution in [3.63, 3.8) is 0 Å². The van der Waals surface area contributed by atoms with Crippen LogP contribution in [0.25, 0.3) is 11.4 Å². The highest BCUT2D eigenvalue weighted by Crippen LogP contribution is 2.21. The highest BCUT2D eigenvalue weighted by atomic mass is 16.6. The van der Waals surface area contributed by atoms with Crippen LogP contribution in [0.1, 0.15) is 39.4 Å². The molecule has 1 aromatic heterocycles. The van der Waals surface area contributed by atoms with E-state index in [0.717, 1.165) is 11.3 Å². The van der Waals surface area contributed by atoms with Crippen LogP contribution < -0.4 is 10.1 Å². The number of amides is 2. The summed E-state index contributed by atoms with van der Waals surface area (Å²) in [6.45, 7) is 6.82. The van der Waals surface area contributed by atoms with Gasteiger partial charge in [-0.1, -0.05) is 0 Å². The molecular formula is C21H29N5O4. The SMILES string of the molecule is COc1ccc(-c2n[nH]c(CNC(=O)C3CCN(C(=O)OC(C)(C)C)CC3)n2)cc1. The van der Waals surface area contributed by atoms with E-state index in [2.05, 4.69) is 20.5 Å². The van der Waals surface area contributed by atoms with Crippen molar-refractivity contribution < 1.29 is 19.1 Å². The lowest BCUT2D eigenvalue weighted by Gasteiger charge is -2.32. The molecule has 0 radical (unpaired) electrons. The molecule has 30 heavy (non-hydrogen) atoms. The second-order valence-corrected chi connectivity index (χ2v) is 8.29. The summed E-state index contributed by atoms with van der Waals surface area (Å²) in [4.78, 5) is 30.7. The number of benzene rings is 1. The Kier molecular flexibility index (Phi) is 6.59. The summed E-state index contributed by atoms with van der Waals surface area (Å²) in [5.74, 6) is 1.74. The van der Waals surface area contributed by atoms with E-state index in [1.165, 1.54) is 0 Å². The average molecular weight is 415 g/mol. The Morgan fingerprint density at radius 3 is 2.47 bits per heavy atom. The van der Waals surface area contributed by atoms with E-state index >= 15 is 0 Å². The number of aromatic nitrogens is 3.